The summed E-state index contributed by atoms with van der Waals surface area (Å²) in [6.45, 7) is 0. The number of nitrogens with zero attached hydrogens (tertiary/aromatic N) is 2. The number of ether oxygens (including phenoxy) is 1. The highest BCUT2D eigenvalue weighted by molar-refractivity contribution is 6.35. The quantitative estimate of drug-likeness (QED) is 0.256. The van der Waals surface area contributed by atoms with E-state index < -0.39 is 23.5 Å². The monoisotopic (exact) mass is 543 g/mol. The van der Waals surface area contributed by atoms with Crippen molar-refractivity contribution >= 4 is 51.5 Å². The molecule has 0 aliphatic heterocycles. The van der Waals surface area contributed by atoms with Gasteiger partial charge < -0.3 is 10.1 Å². The maximum atomic E-state index is 13.6. The van der Waals surface area contributed by atoms with E-state index in [0.717, 1.165) is 4.68 Å². The molecule has 1 heterocycles. The Morgan fingerprint density at radius 3 is 2.03 bits per heavy atom. The molecule has 0 unspecified atom stereocenters. The van der Waals surface area contributed by atoms with Gasteiger partial charge in [0.05, 0.1) is 11.1 Å². The van der Waals surface area contributed by atoms with Crippen LogP contribution in [0.4, 0.5) is 5.69 Å². The third-order valence-corrected chi connectivity index (χ3v) is 6.13. The fourth-order valence-electron chi connectivity index (χ4n) is 3.98. The van der Waals surface area contributed by atoms with Gasteiger partial charge in [0, 0.05) is 26.7 Å². The van der Waals surface area contributed by atoms with Crippen molar-refractivity contribution < 1.29 is 14.3 Å². The topological polar surface area (TPSA) is 90.3 Å². The van der Waals surface area contributed by atoms with Gasteiger partial charge in [0.2, 0.25) is 6.10 Å². The summed E-state index contributed by atoms with van der Waals surface area (Å²) in [6.07, 6.45) is -1.33. The van der Waals surface area contributed by atoms with E-state index in [4.69, 9.17) is 27.9 Å². The highest BCUT2D eigenvalue weighted by atomic mass is 35.5. The van der Waals surface area contributed by atoms with Gasteiger partial charge in [-0.2, -0.15) is 9.78 Å². The van der Waals surface area contributed by atoms with Gasteiger partial charge in [0.15, 0.2) is 5.69 Å². The van der Waals surface area contributed by atoms with E-state index in [2.05, 4.69) is 10.4 Å². The highest BCUT2D eigenvalue weighted by Gasteiger charge is 2.28. The van der Waals surface area contributed by atoms with Crippen LogP contribution >= 0.6 is 23.2 Å². The van der Waals surface area contributed by atoms with Crippen LogP contribution < -0.4 is 10.9 Å². The fourth-order valence-corrected chi connectivity index (χ4v) is 4.51. The van der Waals surface area contributed by atoms with Crippen molar-refractivity contribution in [3.63, 3.8) is 0 Å². The molecule has 5 rings (SSSR count). The number of fused-ring (bicyclic) bond motifs is 1. The van der Waals surface area contributed by atoms with Crippen LogP contribution in [-0.2, 0) is 9.53 Å². The molecule has 188 valence electrons. The van der Waals surface area contributed by atoms with Gasteiger partial charge in [-0.3, -0.25) is 9.59 Å². The molecule has 0 spiro atoms. The minimum absolute atomic E-state index is 0.108. The SMILES string of the molecule is O=C(O[C@H](C(=O)Nc1cc(Cl)cc(Cl)c1)c1ccccc1)c1nn(-c2ccccc2)c(=O)c2ccccc12. The van der Waals surface area contributed by atoms with Gasteiger partial charge in [0.25, 0.3) is 11.5 Å². The van der Waals surface area contributed by atoms with Gasteiger partial charge in [-0.05, 0) is 36.4 Å². The Hall–Kier alpha value is -4.46. The Labute approximate surface area is 227 Å². The molecule has 1 atom stereocenters. The summed E-state index contributed by atoms with van der Waals surface area (Å²) in [5, 5.41) is 8.31. The second-order valence-electron chi connectivity index (χ2n) is 8.29. The van der Waals surface area contributed by atoms with Crippen LogP contribution in [0.25, 0.3) is 16.5 Å². The molecule has 0 saturated heterocycles. The molecule has 0 aliphatic carbocycles. The van der Waals surface area contributed by atoms with Crippen LogP contribution in [-0.4, -0.2) is 21.7 Å². The van der Waals surface area contributed by atoms with Crippen LogP contribution in [0.5, 0.6) is 0 Å². The Morgan fingerprint density at radius 2 is 1.37 bits per heavy atom. The summed E-state index contributed by atoms with van der Waals surface area (Å²) in [4.78, 5) is 40.1. The number of para-hydroxylation sites is 1. The zero-order valence-corrected chi connectivity index (χ0v) is 21.2. The third-order valence-electron chi connectivity index (χ3n) is 5.69. The van der Waals surface area contributed by atoms with Crippen molar-refractivity contribution in [2.45, 2.75) is 6.10 Å². The van der Waals surface area contributed by atoms with E-state index in [1.54, 1.807) is 84.9 Å². The number of rotatable bonds is 6. The summed E-state index contributed by atoms with van der Waals surface area (Å²) < 4.78 is 6.90. The largest absolute Gasteiger partial charge is 0.442 e. The van der Waals surface area contributed by atoms with Gasteiger partial charge in [-0.25, -0.2) is 4.79 Å². The molecule has 0 aliphatic rings. The smallest absolute Gasteiger partial charge is 0.360 e. The van der Waals surface area contributed by atoms with Gasteiger partial charge in [-0.15, -0.1) is 0 Å². The molecule has 1 aromatic heterocycles. The van der Waals surface area contributed by atoms with Crippen LogP contribution in [0, 0.1) is 0 Å². The Bertz CT molecular complexity index is 1690. The highest BCUT2D eigenvalue weighted by Crippen LogP contribution is 2.26. The number of nitrogens with one attached hydrogen (secondary N) is 1. The first-order chi connectivity index (χ1) is 18.4. The summed E-state index contributed by atoms with van der Waals surface area (Å²) in [6, 6.07) is 28.5. The summed E-state index contributed by atoms with van der Waals surface area (Å²) >= 11 is 12.1. The van der Waals surface area contributed by atoms with E-state index in [1.165, 1.54) is 18.2 Å². The second kappa shape index (κ2) is 10.9. The molecule has 9 heteroatoms. The van der Waals surface area contributed by atoms with Crippen molar-refractivity contribution in [1.29, 1.82) is 0 Å². The van der Waals surface area contributed by atoms with Crippen LogP contribution in [0.3, 0.4) is 0 Å². The second-order valence-corrected chi connectivity index (χ2v) is 9.16. The lowest BCUT2D eigenvalue weighted by atomic mass is 10.1. The number of amides is 1. The number of hydrogen-bond donors (Lipinski definition) is 1. The zero-order valence-electron chi connectivity index (χ0n) is 19.7. The minimum atomic E-state index is -1.33. The molecule has 4 aromatic carbocycles. The lowest BCUT2D eigenvalue weighted by Crippen LogP contribution is -2.29. The van der Waals surface area contributed by atoms with E-state index >= 15 is 0 Å². The maximum absolute atomic E-state index is 13.6. The standard InChI is InChI=1S/C29H19Cl2N3O4/c30-19-15-20(31)17-21(16-19)32-27(35)26(18-9-3-1-4-10-18)38-29(37)25-23-13-7-8-14-24(23)28(36)34(33-25)22-11-5-2-6-12-22/h1-17,26H,(H,32,35)/t26-/m0/s1. The predicted octanol–water partition coefficient (Wildman–Crippen LogP) is 6.23. The predicted molar refractivity (Wildman–Crippen MR) is 147 cm³/mol. The first kappa shape index (κ1) is 25.2. The lowest BCUT2D eigenvalue weighted by molar-refractivity contribution is -0.125. The molecule has 0 saturated carbocycles. The molecule has 0 bridgehead atoms. The molecule has 1 N–H and O–H groups in total. The summed E-state index contributed by atoms with van der Waals surface area (Å²) in [5.74, 6) is -1.50. The molecule has 38 heavy (non-hydrogen) atoms. The van der Waals surface area contributed by atoms with Gasteiger partial charge >= 0.3 is 5.97 Å². The van der Waals surface area contributed by atoms with Crippen molar-refractivity contribution in [3.05, 3.63) is 135 Å². The average Bonchev–Trinajstić information content (AvgIpc) is 2.92. The number of aromatic nitrogens is 2. The molecule has 5 aromatic rings. The van der Waals surface area contributed by atoms with E-state index in [0.29, 0.717) is 32.4 Å². The molecular weight excluding hydrogens is 525 g/mol. The van der Waals surface area contributed by atoms with Crippen LogP contribution in [0.15, 0.2) is 108 Å². The van der Waals surface area contributed by atoms with E-state index in [1.807, 2.05) is 0 Å². The maximum Gasteiger partial charge on any atom is 0.360 e. The van der Waals surface area contributed by atoms with Crippen molar-refractivity contribution in [3.8, 4) is 5.69 Å². The third kappa shape index (κ3) is 5.29. The Kier molecular flexibility index (Phi) is 7.22. The van der Waals surface area contributed by atoms with Crippen molar-refractivity contribution in [2.24, 2.45) is 0 Å². The number of carbonyl (C=O) groups is 2. The molecular formula is C29H19Cl2N3O4. The average molecular weight is 544 g/mol. The molecule has 7 nitrogen and oxygen atoms in total. The Balaban J connectivity index is 1.55. The number of anilines is 1. The van der Waals surface area contributed by atoms with E-state index in [9.17, 15) is 14.4 Å². The lowest BCUT2D eigenvalue weighted by Gasteiger charge is -2.19. The van der Waals surface area contributed by atoms with Gasteiger partial charge in [0.1, 0.15) is 0 Å². The zero-order chi connectivity index (χ0) is 26.6. The summed E-state index contributed by atoms with van der Waals surface area (Å²) in [5.41, 5.74) is 0.757. The Morgan fingerprint density at radius 1 is 0.789 bits per heavy atom. The molecule has 1 amide bonds. The fraction of sp³-hybridized carbons (Fsp3) is 0.0345. The molecule has 0 fully saturated rings. The molecule has 0 radical (unpaired) electrons. The number of benzene rings is 4. The number of esters is 1. The number of carbonyl (C=O) groups excluding carboxylic acids is 2. The summed E-state index contributed by atoms with van der Waals surface area (Å²) in [7, 11) is 0. The first-order valence-corrected chi connectivity index (χ1v) is 12.3. The van der Waals surface area contributed by atoms with Crippen LogP contribution in [0.1, 0.15) is 22.2 Å². The minimum Gasteiger partial charge on any atom is -0.442 e. The van der Waals surface area contributed by atoms with Crippen molar-refractivity contribution in [2.75, 3.05) is 5.32 Å². The van der Waals surface area contributed by atoms with Crippen LogP contribution in [0.2, 0.25) is 10.0 Å². The van der Waals surface area contributed by atoms with Crippen molar-refractivity contribution in [1.82, 2.24) is 9.78 Å². The van der Waals surface area contributed by atoms with E-state index in [-0.39, 0.29) is 11.1 Å². The normalized spacial score (nSPS) is 11.6. The number of halogens is 2. The van der Waals surface area contributed by atoms with Gasteiger partial charge in [-0.1, -0.05) is 89.9 Å². The first-order valence-electron chi connectivity index (χ1n) is 11.5. The number of hydrogen-bond acceptors (Lipinski definition) is 5.